The molecule has 3 heteroatoms. The van der Waals surface area contributed by atoms with Gasteiger partial charge in [0, 0.05) is 0 Å². The van der Waals surface area contributed by atoms with Crippen LogP contribution in [-0.2, 0) is 0 Å². The van der Waals surface area contributed by atoms with Crippen molar-refractivity contribution in [2.75, 3.05) is 6.54 Å². The van der Waals surface area contributed by atoms with Gasteiger partial charge in [-0.25, -0.2) is 0 Å². The number of hydrogen-bond acceptors (Lipinski definition) is 2. The Morgan fingerprint density at radius 3 is 2.78 bits per heavy atom. The molecule has 0 spiro atoms. The molecule has 0 saturated heterocycles. The molecule has 18 heavy (non-hydrogen) atoms. The summed E-state index contributed by atoms with van der Waals surface area (Å²) in [5, 5.41) is 12.1. The quantitative estimate of drug-likeness (QED) is 0.418. The van der Waals surface area contributed by atoms with Gasteiger partial charge in [-0.15, -0.1) is 0 Å². The van der Waals surface area contributed by atoms with E-state index in [1.165, 1.54) is 36.3 Å². The number of hydrogen-bond donors (Lipinski definition) is 1. The second-order valence-electron chi connectivity index (χ2n) is 4.27. The van der Waals surface area contributed by atoms with E-state index in [0.29, 0.717) is 5.75 Å². The Bertz CT molecular complexity index is 352. The van der Waals surface area contributed by atoms with E-state index < -0.39 is 0 Å². The summed E-state index contributed by atoms with van der Waals surface area (Å²) in [6.07, 6.45) is 7.25. The Balaban J connectivity index is 2.06. The van der Waals surface area contributed by atoms with Crippen molar-refractivity contribution >= 4 is 21.2 Å². The first-order chi connectivity index (χ1) is 8.84. The molecule has 1 aromatic rings. The van der Waals surface area contributed by atoms with Gasteiger partial charge < -0.3 is 0 Å². The summed E-state index contributed by atoms with van der Waals surface area (Å²) in [6.45, 7) is 3.14. The molecule has 0 unspecified atom stereocenters. The minimum atomic E-state index is 0.311. The summed E-state index contributed by atoms with van der Waals surface area (Å²) < 4.78 is 0. The van der Waals surface area contributed by atoms with Crippen LogP contribution in [0.3, 0.4) is 0 Å². The van der Waals surface area contributed by atoms with Gasteiger partial charge in [0.15, 0.2) is 0 Å². The Morgan fingerprint density at radius 1 is 1.17 bits per heavy atom. The van der Waals surface area contributed by atoms with E-state index in [2.05, 4.69) is 11.9 Å². The van der Waals surface area contributed by atoms with Gasteiger partial charge in [-0.2, -0.15) is 0 Å². The van der Waals surface area contributed by atoms with Gasteiger partial charge in [0.25, 0.3) is 0 Å². The molecule has 0 bridgehead atoms. The Kier molecular flexibility index (Phi) is 8.62. The zero-order chi connectivity index (χ0) is 13.1. The summed E-state index contributed by atoms with van der Waals surface area (Å²) >= 11 is 0.740. The first-order valence-corrected chi connectivity index (χ1v) is 9.12. The Hall–Kier alpha value is -0.791. The van der Waals surface area contributed by atoms with Crippen LogP contribution < -0.4 is 0 Å². The Morgan fingerprint density at radius 2 is 2.00 bits per heavy atom. The summed E-state index contributed by atoms with van der Waals surface area (Å²) in [6, 6.07) is 7.32. The molecule has 0 aromatic heterocycles. The van der Waals surface area contributed by atoms with Crippen LogP contribution >= 0.6 is 0 Å². The molecule has 0 fully saturated rings. The van der Waals surface area contributed by atoms with E-state index in [1.54, 1.807) is 12.3 Å². The number of rotatable bonds is 9. The fourth-order valence-corrected chi connectivity index (χ4v) is 3.39. The number of para-hydroxylation sites is 1. The molecular weight excluding hydrogens is 289 g/mol. The SMILES string of the molecule is CCCCCC[Se]CCN=Cc1ccccc1O. The molecule has 0 aliphatic rings. The number of aromatic hydroxyl groups is 1. The molecule has 0 atom stereocenters. The molecule has 1 N–H and O–H groups in total. The summed E-state index contributed by atoms with van der Waals surface area (Å²) in [7, 11) is 0. The summed E-state index contributed by atoms with van der Waals surface area (Å²) in [5.41, 5.74) is 0.813. The summed E-state index contributed by atoms with van der Waals surface area (Å²) in [5.74, 6) is 0.311. The van der Waals surface area contributed by atoms with E-state index in [-0.39, 0.29) is 0 Å². The van der Waals surface area contributed by atoms with Crippen LogP contribution in [0, 0.1) is 0 Å². The zero-order valence-electron chi connectivity index (χ0n) is 11.1. The predicted molar refractivity (Wildman–Crippen MR) is 80.1 cm³/mol. The second kappa shape index (κ2) is 10.2. The van der Waals surface area contributed by atoms with Crippen molar-refractivity contribution in [1.82, 2.24) is 0 Å². The van der Waals surface area contributed by atoms with E-state index in [4.69, 9.17) is 0 Å². The molecule has 2 nitrogen and oxygen atoms in total. The van der Waals surface area contributed by atoms with Crippen LogP contribution in [0.15, 0.2) is 29.3 Å². The summed E-state index contributed by atoms with van der Waals surface area (Å²) in [4.78, 5) is 4.37. The number of phenolic OH excluding ortho intramolecular Hbond substituents is 1. The molecule has 0 aliphatic heterocycles. The minimum absolute atomic E-state index is 0.311. The van der Waals surface area contributed by atoms with Crippen molar-refractivity contribution in [2.24, 2.45) is 4.99 Å². The number of unbranched alkanes of at least 4 members (excludes halogenated alkanes) is 3. The van der Waals surface area contributed by atoms with Crippen LogP contribution in [0.1, 0.15) is 38.2 Å². The number of aliphatic imine (C=N–C) groups is 1. The van der Waals surface area contributed by atoms with Gasteiger partial charge in [0.05, 0.1) is 0 Å². The van der Waals surface area contributed by atoms with Gasteiger partial charge in [-0.1, -0.05) is 0 Å². The standard InChI is InChI=1S/C15H23NOSe/c1-2-3-4-7-11-18-12-10-16-13-14-8-5-6-9-15(14)17/h5-6,8-9,13,17H,2-4,7,10-12H2,1H3. The van der Waals surface area contributed by atoms with E-state index >= 15 is 0 Å². The molecule has 0 amide bonds. The third-order valence-corrected chi connectivity index (χ3v) is 4.87. The maximum atomic E-state index is 9.55. The van der Waals surface area contributed by atoms with E-state index in [0.717, 1.165) is 27.1 Å². The fourth-order valence-electron chi connectivity index (χ4n) is 1.61. The average molecular weight is 312 g/mol. The second-order valence-corrected chi connectivity index (χ2v) is 6.84. The van der Waals surface area contributed by atoms with Gasteiger partial charge in [0.1, 0.15) is 0 Å². The number of nitrogens with zero attached hydrogens (tertiary/aromatic N) is 1. The molecule has 0 aliphatic carbocycles. The Labute approximate surface area is 117 Å². The normalized spacial score (nSPS) is 11.2. The van der Waals surface area contributed by atoms with Crippen LogP contribution in [0.2, 0.25) is 10.6 Å². The van der Waals surface area contributed by atoms with E-state index in [9.17, 15) is 5.11 Å². The average Bonchev–Trinajstić information content (AvgIpc) is 2.39. The van der Waals surface area contributed by atoms with Crippen molar-refractivity contribution in [2.45, 2.75) is 43.2 Å². The van der Waals surface area contributed by atoms with Crippen molar-refractivity contribution in [1.29, 1.82) is 0 Å². The molecule has 1 rings (SSSR count). The third-order valence-electron chi connectivity index (χ3n) is 2.67. The van der Waals surface area contributed by atoms with Crippen LogP contribution in [0.5, 0.6) is 5.75 Å². The molecule has 0 heterocycles. The van der Waals surface area contributed by atoms with Crippen molar-refractivity contribution in [3.63, 3.8) is 0 Å². The molecule has 0 saturated carbocycles. The maximum absolute atomic E-state index is 9.55. The first kappa shape index (κ1) is 15.3. The first-order valence-electron chi connectivity index (χ1n) is 6.70. The monoisotopic (exact) mass is 313 g/mol. The van der Waals surface area contributed by atoms with Gasteiger partial charge in [-0.3, -0.25) is 0 Å². The number of benzene rings is 1. The van der Waals surface area contributed by atoms with E-state index in [1.807, 2.05) is 18.2 Å². The molecule has 0 radical (unpaired) electrons. The van der Waals surface area contributed by atoms with Crippen molar-refractivity contribution in [3.8, 4) is 5.75 Å². The van der Waals surface area contributed by atoms with Crippen molar-refractivity contribution in [3.05, 3.63) is 29.8 Å². The zero-order valence-corrected chi connectivity index (χ0v) is 12.9. The van der Waals surface area contributed by atoms with Gasteiger partial charge in [-0.05, 0) is 0 Å². The molecular formula is C15H23NOSe. The van der Waals surface area contributed by atoms with Crippen LogP contribution in [0.4, 0.5) is 0 Å². The fraction of sp³-hybridized carbons (Fsp3) is 0.533. The van der Waals surface area contributed by atoms with Crippen molar-refractivity contribution < 1.29 is 5.11 Å². The third kappa shape index (κ3) is 6.83. The number of phenols is 1. The van der Waals surface area contributed by atoms with Gasteiger partial charge >= 0.3 is 117 Å². The topological polar surface area (TPSA) is 32.6 Å². The van der Waals surface area contributed by atoms with Gasteiger partial charge in [0.2, 0.25) is 0 Å². The molecule has 1 aromatic carbocycles. The van der Waals surface area contributed by atoms with Crippen LogP contribution in [-0.4, -0.2) is 32.8 Å². The predicted octanol–water partition coefficient (Wildman–Crippen LogP) is 3.93. The molecule has 100 valence electrons. The van der Waals surface area contributed by atoms with Crippen LogP contribution in [0.25, 0.3) is 0 Å².